The van der Waals surface area contributed by atoms with E-state index in [0.29, 0.717) is 23.5 Å². The van der Waals surface area contributed by atoms with Gasteiger partial charge in [-0.2, -0.15) is 8.78 Å². The molecule has 2 aromatic rings. The number of halogens is 2. The Morgan fingerprint density at radius 3 is 2.53 bits per heavy atom. The van der Waals surface area contributed by atoms with Crippen molar-refractivity contribution in [3.05, 3.63) is 72.3 Å². The summed E-state index contributed by atoms with van der Waals surface area (Å²) < 4.78 is 35.2. The van der Waals surface area contributed by atoms with Gasteiger partial charge < -0.3 is 15.2 Å². The predicted molar refractivity (Wildman–Crippen MR) is 110 cm³/mol. The van der Waals surface area contributed by atoms with Gasteiger partial charge in [0, 0.05) is 7.05 Å². The molecule has 0 radical (unpaired) electrons. The first-order valence-corrected chi connectivity index (χ1v) is 9.41. The fourth-order valence-electron chi connectivity index (χ4n) is 3.29. The molecule has 0 saturated heterocycles. The highest BCUT2D eigenvalue weighted by Gasteiger charge is 2.49. The molecule has 1 atom stereocenters. The van der Waals surface area contributed by atoms with Crippen LogP contribution in [-0.4, -0.2) is 37.0 Å². The molecule has 1 heterocycles. The van der Waals surface area contributed by atoms with Gasteiger partial charge in [-0.15, -0.1) is 6.58 Å². The Balaban J connectivity index is 2.01. The lowest BCUT2D eigenvalue weighted by atomic mass is 9.82. The van der Waals surface area contributed by atoms with Gasteiger partial charge in [0.15, 0.2) is 11.5 Å². The minimum Gasteiger partial charge on any atom is -0.494 e. The standard InChI is InChI=1S/C22H23F2N3O3/c1-3-4-5-13-29-18-8-6-7-16(14-18)22(19(28)27(2)21(25)26-22)15-9-11-17(12-10-15)30-20(23)24/h3,6-12,14,20H,1,4-5,13H2,2H3,(H2,25,26)/t22-/m1/s1. The van der Waals surface area contributed by atoms with E-state index in [1.165, 1.54) is 36.2 Å². The average Bonchev–Trinajstić information content (AvgIpc) is 2.96. The zero-order valence-corrected chi connectivity index (χ0v) is 16.6. The number of rotatable bonds is 9. The third-order valence-electron chi connectivity index (χ3n) is 4.81. The molecule has 158 valence electrons. The second kappa shape index (κ2) is 8.94. The average molecular weight is 415 g/mol. The lowest BCUT2D eigenvalue weighted by Crippen LogP contribution is -2.41. The number of hydrogen-bond acceptors (Lipinski definition) is 5. The number of allylic oxidation sites excluding steroid dienone is 1. The maximum atomic E-state index is 13.2. The SMILES string of the molecule is C=CCCCOc1cccc([C@@]2(c3ccc(OC(F)F)cc3)N=C(N)N(C)C2=O)c1. The van der Waals surface area contributed by atoms with Crippen LogP contribution in [0.15, 0.2) is 66.2 Å². The summed E-state index contributed by atoms with van der Waals surface area (Å²) in [5.74, 6) is 0.278. The highest BCUT2D eigenvalue weighted by molar-refractivity contribution is 6.08. The third kappa shape index (κ3) is 4.12. The van der Waals surface area contributed by atoms with E-state index in [1.54, 1.807) is 24.3 Å². The van der Waals surface area contributed by atoms with Gasteiger partial charge in [-0.1, -0.05) is 30.3 Å². The van der Waals surface area contributed by atoms with Gasteiger partial charge in [-0.25, -0.2) is 4.99 Å². The summed E-state index contributed by atoms with van der Waals surface area (Å²) >= 11 is 0. The Bertz CT molecular complexity index is 947. The highest BCUT2D eigenvalue weighted by atomic mass is 19.3. The minimum atomic E-state index is -2.94. The number of benzene rings is 2. The molecule has 1 amide bonds. The summed E-state index contributed by atoms with van der Waals surface area (Å²) in [5, 5.41) is 0. The van der Waals surface area contributed by atoms with Crippen LogP contribution in [0.4, 0.5) is 8.78 Å². The molecule has 0 unspecified atom stereocenters. The highest BCUT2D eigenvalue weighted by Crippen LogP contribution is 2.40. The molecule has 1 aliphatic heterocycles. The number of alkyl halides is 2. The fourth-order valence-corrected chi connectivity index (χ4v) is 3.29. The number of hydrogen-bond donors (Lipinski definition) is 1. The molecule has 8 heteroatoms. The topological polar surface area (TPSA) is 77.2 Å². The van der Waals surface area contributed by atoms with E-state index in [9.17, 15) is 13.6 Å². The maximum absolute atomic E-state index is 13.2. The Labute approximate surface area is 173 Å². The Morgan fingerprint density at radius 2 is 1.93 bits per heavy atom. The first-order valence-electron chi connectivity index (χ1n) is 9.41. The zero-order valence-electron chi connectivity index (χ0n) is 16.6. The van der Waals surface area contributed by atoms with Crippen LogP contribution in [0.2, 0.25) is 0 Å². The van der Waals surface area contributed by atoms with Crippen molar-refractivity contribution in [3.8, 4) is 11.5 Å². The van der Waals surface area contributed by atoms with E-state index >= 15 is 0 Å². The number of guanidine groups is 1. The van der Waals surface area contributed by atoms with E-state index in [4.69, 9.17) is 10.5 Å². The fraction of sp³-hybridized carbons (Fsp3) is 0.273. The molecule has 30 heavy (non-hydrogen) atoms. The van der Waals surface area contributed by atoms with Gasteiger partial charge >= 0.3 is 6.61 Å². The Morgan fingerprint density at radius 1 is 1.20 bits per heavy atom. The third-order valence-corrected chi connectivity index (χ3v) is 4.81. The maximum Gasteiger partial charge on any atom is 0.387 e. The number of unbranched alkanes of at least 4 members (excludes halogenated alkanes) is 1. The van der Waals surface area contributed by atoms with Gasteiger partial charge in [0.05, 0.1) is 6.61 Å². The van der Waals surface area contributed by atoms with E-state index in [2.05, 4.69) is 16.3 Å². The number of nitrogens with two attached hydrogens (primary N) is 1. The van der Waals surface area contributed by atoms with Gasteiger partial charge in [-0.3, -0.25) is 9.69 Å². The molecule has 1 aliphatic rings. The van der Waals surface area contributed by atoms with Gasteiger partial charge in [0.25, 0.3) is 5.91 Å². The van der Waals surface area contributed by atoms with E-state index < -0.39 is 12.2 Å². The second-order valence-corrected chi connectivity index (χ2v) is 6.75. The summed E-state index contributed by atoms with van der Waals surface area (Å²) in [7, 11) is 1.53. The van der Waals surface area contributed by atoms with Crippen LogP contribution in [0.5, 0.6) is 11.5 Å². The number of ether oxygens (including phenoxy) is 2. The van der Waals surface area contributed by atoms with Crippen molar-refractivity contribution >= 4 is 11.9 Å². The van der Waals surface area contributed by atoms with Crippen LogP contribution in [-0.2, 0) is 10.3 Å². The molecule has 3 rings (SSSR count). The normalized spacial score (nSPS) is 18.5. The monoisotopic (exact) mass is 415 g/mol. The summed E-state index contributed by atoms with van der Waals surface area (Å²) in [6.07, 6.45) is 3.47. The Kier molecular flexibility index (Phi) is 6.34. The van der Waals surface area contributed by atoms with Gasteiger partial charge in [0.1, 0.15) is 11.5 Å². The largest absolute Gasteiger partial charge is 0.494 e. The van der Waals surface area contributed by atoms with Crippen LogP contribution < -0.4 is 15.2 Å². The number of carbonyl (C=O) groups excluding carboxylic acids is 1. The number of aliphatic imine (C=N–C) groups is 1. The van der Waals surface area contributed by atoms with Crippen molar-refractivity contribution in [2.45, 2.75) is 25.0 Å². The van der Waals surface area contributed by atoms with Crippen molar-refractivity contribution in [1.29, 1.82) is 0 Å². The quantitative estimate of drug-likeness (QED) is 0.501. The van der Waals surface area contributed by atoms with Crippen molar-refractivity contribution in [3.63, 3.8) is 0 Å². The van der Waals surface area contributed by atoms with Crippen LogP contribution in [0.1, 0.15) is 24.0 Å². The molecule has 0 fully saturated rings. The molecule has 0 aliphatic carbocycles. The number of likely N-dealkylation sites (N-methyl/N-ethyl adjacent to an activating group) is 1. The lowest BCUT2D eigenvalue weighted by Gasteiger charge is -2.26. The van der Waals surface area contributed by atoms with E-state index in [0.717, 1.165) is 12.8 Å². The van der Waals surface area contributed by atoms with Crippen molar-refractivity contribution in [2.24, 2.45) is 10.7 Å². The number of carbonyl (C=O) groups is 1. The first kappa shape index (κ1) is 21.3. The van der Waals surface area contributed by atoms with Crippen molar-refractivity contribution < 1.29 is 23.0 Å². The molecule has 0 bridgehead atoms. The first-order chi connectivity index (χ1) is 14.4. The predicted octanol–water partition coefficient (Wildman–Crippen LogP) is 3.66. The van der Waals surface area contributed by atoms with Crippen molar-refractivity contribution in [1.82, 2.24) is 4.90 Å². The van der Waals surface area contributed by atoms with Crippen LogP contribution in [0.3, 0.4) is 0 Å². The molecule has 0 aromatic heterocycles. The zero-order chi connectivity index (χ0) is 21.7. The molecule has 2 N–H and O–H groups in total. The summed E-state index contributed by atoms with van der Waals surface area (Å²) in [6.45, 7) is 1.25. The summed E-state index contributed by atoms with van der Waals surface area (Å²) in [4.78, 5) is 19.0. The molecule has 6 nitrogen and oxygen atoms in total. The van der Waals surface area contributed by atoms with Crippen LogP contribution >= 0.6 is 0 Å². The molecular formula is C22H23F2N3O3. The number of nitrogens with zero attached hydrogens (tertiary/aromatic N) is 2. The van der Waals surface area contributed by atoms with Crippen LogP contribution in [0, 0.1) is 0 Å². The van der Waals surface area contributed by atoms with Crippen LogP contribution in [0.25, 0.3) is 0 Å². The van der Waals surface area contributed by atoms with Crippen molar-refractivity contribution in [2.75, 3.05) is 13.7 Å². The molecule has 0 spiro atoms. The van der Waals surface area contributed by atoms with Gasteiger partial charge in [-0.05, 0) is 48.2 Å². The smallest absolute Gasteiger partial charge is 0.387 e. The molecular weight excluding hydrogens is 392 g/mol. The summed E-state index contributed by atoms with van der Waals surface area (Å²) in [5.41, 5.74) is 5.55. The molecule has 2 aromatic carbocycles. The lowest BCUT2D eigenvalue weighted by molar-refractivity contribution is -0.129. The van der Waals surface area contributed by atoms with E-state index in [1.807, 2.05) is 6.08 Å². The van der Waals surface area contributed by atoms with E-state index in [-0.39, 0.29) is 17.6 Å². The summed E-state index contributed by atoms with van der Waals surface area (Å²) in [6, 6.07) is 12.9. The number of amides is 1. The Hall–Kier alpha value is -3.42. The molecule has 0 saturated carbocycles. The second-order valence-electron chi connectivity index (χ2n) is 6.75. The van der Waals surface area contributed by atoms with Gasteiger partial charge in [0.2, 0.25) is 0 Å². The minimum absolute atomic E-state index is 0.0149.